The number of halogens is 1. The maximum atomic E-state index is 13.3. The summed E-state index contributed by atoms with van der Waals surface area (Å²) in [5.41, 5.74) is 3.13. The van der Waals surface area contributed by atoms with Crippen molar-refractivity contribution >= 4 is 40.1 Å². The van der Waals surface area contributed by atoms with Crippen molar-refractivity contribution in [3.05, 3.63) is 81.0 Å². The predicted molar refractivity (Wildman–Crippen MR) is 128 cm³/mol. The van der Waals surface area contributed by atoms with Crippen molar-refractivity contribution < 1.29 is 9.59 Å². The van der Waals surface area contributed by atoms with Crippen LogP contribution in [0.4, 0.5) is 10.5 Å². The summed E-state index contributed by atoms with van der Waals surface area (Å²) >= 11 is 6.10. The minimum atomic E-state index is -0.631. The minimum absolute atomic E-state index is 0.207. The average molecular weight is 466 g/mol. The number of anilines is 1. The lowest BCUT2D eigenvalue weighted by Gasteiger charge is -2.26. The van der Waals surface area contributed by atoms with E-state index in [2.05, 4.69) is 27.5 Å². The van der Waals surface area contributed by atoms with E-state index in [1.807, 2.05) is 13.0 Å². The first-order valence-electron chi connectivity index (χ1n) is 10.5. The number of carbonyl (C=O) groups is 2. The fourth-order valence-corrected chi connectivity index (χ4v) is 4.05. The first-order chi connectivity index (χ1) is 15.7. The van der Waals surface area contributed by atoms with E-state index in [4.69, 9.17) is 11.6 Å². The van der Waals surface area contributed by atoms with E-state index in [-0.39, 0.29) is 18.0 Å². The Labute approximate surface area is 195 Å². The van der Waals surface area contributed by atoms with Crippen LogP contribution in [0.2, 0.25) is 5.02 Å². The molecule has 8 nitrogen and oxygen atoms in total. The van der Waals surface area contributed by atoms with Gasteiger partial charge < -0.3 is 16.0 Å². The predicted octanol–water partition coefficient (Wildman–Crippen LogP) is 3.95. The van der Waals surface area contributed by atoms with Gasteiger partial charge in [-0.3, -0.25) is 14.2 Å². The molecule has 1 aromatic heterocycles. The van der Waals surface area contributed by atoms with Gasteiger partial charge in [0.1, 0.15) is 11.9 Å². The lowest BCUT2D eigenvalue weighted by molar-refractivity contribution is -0.124. The quantitative estimate of drug-likeness (QED) is 0.542. The van der Waals surface area contributed by atoms with Crippen molar-refractivity contribution in [1.82, 2.24) is 20.2 Å². The zero-order chi connectivity index (χ0) is 23.7. The van der Waals surface area contributed by atoms with Crippen molar-refractivity contribution in [1.29, 1.82) is 0 Å². The van der Waals surface area contributed by atoms with Gasteiger partial charge in [0, 0.05) is 23.0 Å². The van der Waals surface area contributed by atoms with Crippen molar-refractivity contribution in [3.8, 4) is 0 Å². The van der Waals surface area contributed by atoms with E-state index in [9.17, 15) is 14.4 Å². The highest BCUT2D eigenvalue weighted by atomic mass is 35.5. The molecule has 33 heavy (non-hydrogen) atoms. The fraction of sp³-hybridized carbons (Fsp3) is 0.250. The number of benzene rings is 2. The number of nitrogens with zero attached hydrogens (tertiary/aromatic N) is 2. The largest absolute Gasteiger partial charge is 0.334 e. The number of hydrogen-bond donors (Lipinski definition) is 3. The monoisotopic (exact) mass is 465 g/mol. The molecule has 3 N–H and O–H groups in total. The Morgan fingerprint density at radius 2 is 2.03 bits per heavy atom. The van der Waals surface area contributed by atoms with Gasteiger partial charge in [-0.15, -0.1) is 0 Å². The van der Waals surface area contributed by atoms with Gasteiger partial charge in [0.15, 0.2) is 0 Å². The van der Waals surface area contributed by atoms with Gasteiger partial charge in [-0.05, 0) is 62.1 Å². The van der Waals surface area contributed by atoms with Gasteiger partial charge >= 0.3 is 6.03 Å². The van der Waals surface area contributed by atoms with Crippen LogP contribution in [-0.4, -0.2) is 21.5 Å². The molecule has 1 atom stereocenters. The average Bonchev–Trinajstić information content (AvgIpc) is 2.76. The van der Waals surface area contributed by atoms with Gasteiger partial charge in [-0.25, -0.2) is 9.78 Å². The highest BCUT2D eigenvalue weighted by molar-refractivity contribution is 6.31. The number of fused-ring (bicyclic) bond motifs is 1. The highest BCUT2D eigenvalue weighted by Gasteiger charge is 2.28. The molecule has 1 fully saturated rings. The minimum Gasteiger partial charge on any atom is -0.334 e. The summed E-state index contributed by atoms with van der Waals surface area (Å²) in [5.74, 6) is 0.213. The number of amides is 3. The van der Waals surface area contributed by atoms with Crippen LogP contribution in [0.1, 0.15) is 35.8 Å². The summed E-state index contributed by atoms with van der Waals surface area (Å²) in [6.07, 6.45) is 1.09. The molecule has 1 aliphatic heterocycles. The summed E-state index contributed by atoms with van der Waals surface area (Å²) < 4.78 is 1.44. The van der Waals surface area contributed by atoms with Crippen LogP contribution in [0.3, 0.4) is 0 Å². The van der Waals surface area contributed by atoms with Crippen molar-refractivity contribution in [2.75, 3.05) is 5.32 Å². The van der Waals surface area contributed by atoms with Crippen LogP contribution in [0, 0.1) is 13.8 Å². The normalized spacial score (nSPS) is 15.9. The number of allylic oxidation sites excluding steroid dienone is 1. The Balaban J connectivity index is 1.54. The molecule has 1 unspecified atom stereocenters. The van der Waals surface area contributed by atoms with E-state index in [0.29, 0.717) is 46.0 Å². The molecular formula is C24H24ClN5O3. The summed E-state index contributed by atoms with van der Waals surface area (Å²) in [6.45, 7) is 7.59. The third kappa shape index (κ3) is 4.75. The van der Waals surface area contributed by atoms with E-state index >= 15 is 0 Å². The second-order valence-corrected chi connectivity index (χ2v) is 8.51. The molecule has 3 amide bonds. The number of aryl methyl sites for hydroxylation is 2. The Morgan fingerprint density at radius 1 is 1.24 bits per heavy atom. The molecule has 2 heterocycles. The number of aromatic nitrogens is 2. The number of rotatable bonds is 4. The van der Waals surface area contributed by atoms with E-state index < -0.39 is 12.1 Å². The molecule has 4 rings (SSSR count). The molecule has 0 bridgehead atoms. The zero-order valence-electron chi connectivity index (χ0n) is 18.4. The fourth-order valence-electron chi connectivity index (χ4n) is 3.87. The van der Waals surface area contributed by atoms with Crippen LogP contribution in [0.25, 0.3) is 10.9 Å². The van der Waals surface area contributed by atoms with Gasteiger partial charge in [0.25, 0.3) is 5.56 Å². The van der Waals surface area contributed by atoms with E-state index in [0.717, 1.165) is 11.1 Å². The summed E-state index contributed by atoms with van der Waals surface area (Å²) in [6, 6.07) is 9.49. The Hall–Kier alpha value is -3.65. The van der Waals surface area contributed by atoms with Crippen LogP contribution in [0.5, 0.6) is 0 Å². The summed E-state index contributed by atoms with van der Waals surface area (Å²) in [5, 5.41) is 9.18. The highest BCUT2D eigenvalue weighted by Crippen LogP contribution is 2.23. The Bertz CT molecular complexity index is 1350. The SMILES string of the molecule is C=C1CCC(n2c(C)nc3ccc(CNC(=O)Nc4ccc(C)c(Cl)c4)cc3c2=O)C(=O)N1. The molecule has 9 heteroatoms. The molecule has 0 radical (unpaired) electrons. The molecule has 1 saturated heterocycles. The molecule has 0 spiro atoms. The van der Waals surface area contributed by atoms with E-state index in [1.54, 1.807) is 37.3 Å². The Morgan fingerprint density at radius 3 is 2.76 bits per heavy atom. The van der Waals surface area contributed by atoms with Crippen LogP contribution in [-0.2, 0) is 11.3 Å². The molecule has 170 valence electrons. The van der Waals surface area contributed by atoms with Gasteiger partial charge in [0.2, 0.25) is 5.91 Å². The molecular weight excluding hydrogens is 442 g/mol. The maximum Gasteiger partial charge on any atom is 0.319 e. The number of urea groups is 1. The third-order valence-electron chi connectivity index (χ3n) is 5.66. The van der Waals surface area contributed by atoms with Crippen molar-refractivity contribution in [2.45, 2.75) is 39.3 Å². The van der Waals surface area contributed by atoms with Gasteiger partial charge in [-0.2, -0.15) is 0 Å². The molecule has 1 aliphatic rings. The van der Waals surface area contributed by atoms with Crippen LogP contribution >= 0.6 is 11.6 Å². The second-order valence-electron chi connectivity index (χ2n) is 8.10. The van der Waals surface area contributed by atoms with E-state index in [1.165, 1.54) is 4.57 Å². The topological polar surface area (TPSA) is 105 Å². The molecule has 0 saturated carbocycles. The number of hydrogen-bond acceptors (Lipinski definition) is 4. The number of carbonyl (C=O) groups excluding carboxylic acids is 2. The lowest BCUT2D eigenvalue weighted by Crippen LogP contribution is -2.41. The lowest BCUT2D eigenvalue weighted by atomic mass is 10.0. The molecule has 2 aromatic carbocycles. The number of nitrogens with one attached hydrogen (secondary N) is 3. The first-order valence-corrected chi connectivity index (χ1v) is 10.9. The zero-order valence-corrected chi connectivity index (χ0v) is 19.1. The van der Waals surface area contributed by atoms with Crippen LogP contribution < -0.4 is 21.5 Å². The number of piperidine rings is 1. The summed E-state index contributed by atoms with van der Waals surface area (Å²) in [7, 11) is 0. The summed E-state index contributed by atoms with van der Waals surface area (Å²) in [4.78, 5) is 42.5. The molecule has 0 aliphatic carbocycles. The Kier molecular flexibility index (Phi) is 6.20. The van der Waals surface area contributed by atoms with Gasteiger partial charge in [-0.1, -0.05) is 30.3 Å². The van der Waals surface area contributed by atoms with Crippen molar-refractivity contribution in [2.24, 2.45) is 0 Å². The second kappa shape index (κ2) is 9.07. The maximum absolute atomic E-state index is 13.3. The van der Waals surface area contributed by atoms with Crippen LogP contribution in [0.15, 0.2) is 53.5 Å². The third-order valence-corrected chi connectivity index (χ3v) is 6.06. The van der Waals surface area contributed by atoms with Gasteiger partial charge in [0.05, 0.1) is 10.9 Å². The van der Waals surface area contributed by atoms with Crippen molar-refractivity contribution in [3.63, 3.8) is 0 Å². The standard InChI is InChI=1S/C24H24ClN5O3/c1-13-4-7-17(11-19(13)25)29-24(33)26-12-16-6-8-20-18(10-16)23(32)30(15(3)28-20)21-9-5-14(2)27-22(21)31/h4,6-8,10-11,21H,2,5,9,12H2,1,3H3,(H,27,31)(H2,26,29,33). The smallest absolute Gasteiger partial charge is 0.319 e. The first kappa shape index (κ1) is 22.5. The molecule has 3 aromatic rings.